The van der Waals surface area contributed by atoms with Crippen LogP contribution in [0.2, 0.25) is 5.02 Å². The van der Waals surface area contributed by atoms with Crippen molar-refractivity contribution in [1.82, 2.24) is 5.32 Å². The molecule has 21 heavy (non-hydrogen) atoms. The van der Waals surface area contributed by atoms with Gasteiger partial charge in [0, 0.05) is 11.1 Å². The van der Waals surface area contributed by atoms with E-state index < -0.39 is 24.6 Å². The van der Waals surface area contributed by atoms with Gasteiger partial charge in [0.05, 0.1) is 6.61 Å². The number of amides is 2. The number of halogens is 1. The standard InChI is InChI=1S/C14H14ClNO5/c1-2-20-14(19)16-12(17)9-21-13(18)7-6-10-4-3-5-11(15)8-10/h3-8H,2,9H2,1H3,(H,16,17,19)/b7-6+. The van der Waals surface area contributed by atoms with E-state index in [2.05, 4.69) is 9.47 Å². The third kappa shape index (κ3) is 7.12. The van der Waals surface area contributed by atoms with E-state index in [9.17, 15) is 14.4 Å². The van der Waals surface area contributed by atoms with Crippen LogP contribution in [0.4, 0.5) is 4.79 Å². The largest absolute Gasteiger partial charge is 0.452 e. The first-order valence-electron chi connectivity index (χ1n) is 6.08. The number of ether oxygens (including phenoxy) is 2. The average molecular weight is 312 g/mol. The Morgan fingerprint density at radius 2 is 2.05 bits per heavy atom. The fraction of sp³-hybridized carbons (Fsp3) is 0.214. The van der Waals surface area contributed by atoms with Crippen molar-refractivity contribution in [3.63, 3.8) is 0 Å². The van der Waals surface area contributed by atoms with Crippen LogP contribution >= 0.6 is 11.6 Å². The summed E-state index contributed by atoms with van der Waals surface area (Å²) in [5.74, 6) is -1.48. The van der Waals surface area contributed by atoms with E-state index in [0.29, 0.717) is 5.02 Å². The van der Waals surface area contributed by atoms with Crippen LogP contribution in [0.3, 0.4) is 0 Å². The third-order valence-electron chi connectivity index (χ3n) is 2.12. The summed E-state index contributed by atoms with van der Waals surface area (Å²) >= 11 is 5.79. The van der Waals surface area contributed by atoms with Gasteiger partial charge in [-0.3, -0.25) is 10.1 Å². The normalized spacial score (nSPS) is 10.2. The number of hydrogen-bond donors (Lipinski definition) is 1. The van der Waals surface area contributed by atoms with E-state index in [1.54, 1.807) is 31.2 Å². The molecule has 7 heteroatoms. The highest BCUT2D eigenvalue weighted by Crippen LogP contribution is 2.11. The maximum Gasteiger partial charge on any atom is 0.413 e. The molecule has 0 bridgehead atoms. The molecule has 2 amide bonds. The van der Waals surface area contributed by atoms with Gasteiger partial charge in [0.2, 0.25) is 0 Å². The summed E-state index contributed by atoms with van der Waals surface area (Å²) in [6.07, 6.45) is 1.77. The predicted octanol–water partition coefficient (Wildman–Crippen LogP) is 2.17. The van der Waals surface area contributed by atoms with Crippen LogP contribution in [-0.2, 0) is 19.1 Å². The van der Waals surface area contributed by atoms with Crippen molar-refractivity contribution in [2.24, 2.45) is 0 Å². The van der Waals surface area contributed by atoms with E-state index in [0.717, 1.165) is 11.6 Å². The molecule has 0 spiro atoms. The van der Waals surface area contributed by atoms with Gasteiger partial charge in [-0.05, 0) is 30.7 Å². The number of alkyl carbamates (subject to hydrolysis) is 1. The van der Waals surface area contributed by atoms with Gasteiger partial charge in [0.15, 0.2) is 6.61 Å². The average Bonchev–Trinajstić information content (AvgIpc) is 2.43. The number of esters is 1. The van der Waals surface area contributed by atoms with Gasteiger partial charge in [0.25, 0.3) is 5.91 Å². The minimum absolute atomic E-state index is 0.140. The zero-order valence-corrected chi connectivity index (χ0v) is 12.1. The van der Waals surface area contributed by atoms with E-state index in [4.69, 9.17) is 11.6 Å². The zero-order valence-electron chi connectivity index (χ0n) is 11.3. The molecule has 0 aromatic heterocycles. The molecule has 112 valence electrons. The highest BCUT2D eigenvalue weighted by molar-refractivity contribution is 6.30. The number of benzene rings is 1. The van der Waals surface area contributed by atoms with Gasteiger partial charge in [-0.15, -0.1) is 0 Å². The fourth-order valence-electron chi connectivity index (χ4n) is 1.28. The van der Waals surface area contributed by atoms with Crippen molar-refractivity contribution in [3.05, 3.63) is 40.9 Å². The van der Waals surface area contributed by atoms with E-state index in [1.807, 2.05) is 5.32 Å². The Balaban J connectivity index is 2.37. The summed E-state index contributed by atoms with van der Waals surface area (Å²) < 4.78 is 9.15. The lowest BCUT2D eigenvalue weighted by molar-refractivity contribution is -0.143. The molecule has 0 saturated heterocycles. The zero-order chi connectivity index (χ0) is 15.7. The minimum Gasteiger partial charge on any atom is -0.452 e. The SMILES string of the molecule is CCOC(=O)NC(=O)COC(=O)/C=C/c1cccc(Cl)c1. The lowest BCUT2D eigenvalue weighted by atomic mass is 10.2. The Labute approximate surface area is 126 Å². The number of rotatable bonds is 5. The molecule has 0 unspecified atom stereocenters. The highest BCUT2D eigenvalue weighted by atomic mass is 35.5. The second kappa shape index (κ2) is 8.76. The van der Waals surface area contributed by atoms with Crippen LogP contribution in [0, 0.1) is 0 Å². The highest BCUT2D eigenvalue weighted by Gasteiger charge is 2.09. The minimum atomic E-state index is -0.881. The number of carbonyl (C=O) groups excluding carboxylic acids is 3. The second-order valence-electron chi connectivity index (χ2n) is 3.76. The first kappa shape index (κ1) is 16.7. The van der Waals surface area contributed by atoms with Gasteiger partial charge >= 0.3 is 12.1 Å². The molecule has 1 aromatic rings. The quantitative estimate of drug-likeness (QED) is 0.665. The Hall–Kier alpha value is -2.34. The second-order valence-corrected chi connectivity index (χ2v) is 4.20. The monoisotopic (exact) mass is 311 g/mol. The van der Waals surface area contributed by atoms with Gasteiger partial charge < -0.3 is 9.47 Å². The van der Waals surface area contributed by atoms with Gasteiger partial charge in [-0.1, -0.05) is 23.7 Å². The van der Waals surface area contributed by atoms with Crippen molar-refractivity contribution in [1.29, 1.82) is 0 Å². The first-order valence-corrected chi connectivity index (χ1v) is 6.46. The Morgan fingerprint density at radius 3 is 2.71 bits per heavy atom. The fourth-order valence-corrected chi connectivity index (χ4v) is 1.48. The molecule has 1 aromatic carbocycles. The molecule has 6 nitrogen and oxygen atoms in total. The number of hydrogen-bond acceptors (Lipinski definition) is 5. The van der Waals surface area contributed by atoms with Crippen LogP contribution in [0.1, 0.15) is 12.5 Å². The Kier molecular flexibility index (Phi) is 6.97. The van der Waals surface area contributed by atoms with Crippen LogP contribution in [0.25, 0.3) is 6.08 Å². The van der Waals surface area contributed by atoms with Crippen molar-refractivity contribution >= 4 is 35.6 Å². The van der Waals surface area contributed by atoms with Gasteiger partial charge in [-0.25, -0.2) is 9.59 Å². The van der Waals surface area contributed by atoms with Crippen LogP contribution in [0.15, 0.2) is 30.3 Å². The topological polar surface area (TPSA) is 81.7 Å². The molecule has 1 rings (SSSR count). The summed E-state index contributed by atoms with van der Waals surface area (Å²) in [6.45, 7) is 1.17. The van der Waals surface area contributed by atoms with Crippen molar-refractivity contribution < 1.29 is 23.9 Å². The Bertz CT molecular complexity index is 556. The maximum absolute atomic E-state index is 11.4. The smallest absolute Gasteiger partial charge is 0.413 e. The van der Waals surface area contributed by atoms with E-state index >= 15 is 0 Å². The Morgan fingerprint density at radius 1 is 1.29 bits per heavy atom. The van der Waals surface area contributed by atoms with Gasteiger partial charge in [-0.2, -0.15) is 0 Å². The van der Waals surface area contributed by atoms with Crippen molar-refractivity contribution in [2.75, 3.05) is 13.2 Å². The molecule has 0 saturated carbocycles. The molecule has 0 heterocycles. The van der Waals surface area contributed by atoms with Crippen LogP contribution < -0.4 is 5.32 Å². The van der Waals surface area contributed by atoms with Gasteiger partial charge in [0.1, 0.15) is 0 Å². The maximum atomic E-state index is 11.4. The van der Waals surface area contributed by atoms with E-state index in [-0.39, 0.29) is 6.61 Å². The molecule has 1 N–H and O–H groups in total. The molecule has 0 radical (unpaired) electrons. The van der Waals surface area contributed by atoms with Crippen LogP contribution in [-0.4, -0.2) is 31.2 Å². The molecule has 0 aliphatic rings. The summed E-state index contributed by atoms with van der Waals surface area (Å²) in [7, 11) is 0. The van der Waals surface area contributed by atoms with E-state index in [1.165, 1.54) is 6.08 Å². The number of carbonyl (C=O) groups is 3. The number of nitrogens with one attached hydrogen (secondary N) is 1. The molecular formula is C14H14ClNO5. The lowest BCUT2D eigenvalue weighted by Crippen LogP contribution is -2.34. The van der Waals surface area contributed by atoms with Crippen LogP contribution in [0.5, 0.6) is 0 Å². The molecule has 0 aliphatic carbocycles. The molecule has 0 fully saturated rings. The molecule has 0 aliphatic heterocycles. The summed E-state index contributed by atoms with van der Waals surface area (Å²) in [5, 5.41) is 2.44. The molecule has 0 atom stereocenters. The van der Waals surface area contributed by atoms with Crippen molar-refractivity contribution in [2.45, 2.75) is 6.92 Å². The lowest BCUT2D eigenvalue weighted by Gasteiger charge is -2.04. The molecular weight excluding hydrogens is 298 g/mol. The summed E-state index contributed by atoms with van der Waals surface area (Å²) in [6, 6.07) is 6.86. The number of imide groups is 1. The van der Waals surface area contributed by atoms with Crippen molar-refractivity contribution in [3.8, 4) is 0 Å². The third-order valence-corrected chi connectivity index (χ3v) is 2.36. The summed E-state index contributed by atoms with van der Waals surface area (Å²) in [5.41, 5.74) is 0.718. The predicted molar refractivity (Wildman–Crippen MR) is 76.6 cm³/mol. The first-order chi connectivity index (χ1) is 10.0. The summed E-state index contributed by atoms with van der Waals surface area (Å²) in [4.78, 5) is 33.5.